The second kappa shape index (κ2) is 9.67. The van der Waals surface area contributed by atoms with Crippen LogP contribution >= 0.6 is 0 Å². The molecule has 0 spiro atoms. The van der Waals surface area contributed by atoms with Crippen LogP contribution in [0.3, 0.4) is 0 Å². The first kappa shape index (κ1) is 22.1. The van der Waals surface area contributed by atoms with Crippen LogP contribution in [0.2, 0.25) is 0 Å². The van der Waals surface area contributed by atoms with Gasteiger partial charge in [0.15, 0.2) is 5.82 Å². The number of aromatic nitrogens is 3. The van der Waals surface area contributed by atoms with Gasteiger partial charge in [-0.1, -0.05) is 30.7 Å². The highest BCUT2D eigenvalue weighted by Crippen LogP contribution is 2.33. The molecule has 0 aliphatic carbocycles. The Bertz CT molecular complexity index is 1200. The minimum Gasteiger partial charge on any atom is -0.492 e. The normalized spacial score (nSPS) is 17.9. The van der Waals surface area contributed by atoms with Crippen molar-refractivity contribution >= 4 is 23.2 Å². The van der Waals surface area contributed by atoms with Crippen molar-refractivity contribution < 1.29 is 14.3 Å². The van der Waals surface area contributed by atoms with E-state index >= 15 is 0 Å². The van der Waals surface area contributed by atoms with Crippen LogP contribution in [-0.2, 0) is 22.6 Å². The lowest BCUT2D eigenvalue weighted by molar-refractivity contribution is -0.122. The number of hydrogen-bond donors (Lipinski definition) is 1. The molecular formula is C26H29N5O3. The Morgan fingerprint density at radius 3 is 2.88 bits per heavy atom. The maximum absolute atomic E-state index is 13.1. The van der Waals surface area contributed by atoms with Crippen molar-refractivity contribution in [1.29, 1.82) is 0 Å². The van der Waals surface area contributed by atoms with Crippen molar-refractivity contribution in [3.63, 3.8) is 0 Å². The standard InChI is InChI=1S/C26H29N5O3/c1-2-34-22-12-6-5-11-21(22)31-17-19(16-24(31)32)26(33)27-20-10-8-9-18(15-20)25-29-28-23-13-4-3-7-14-30(23)25/h5-6,8-12,15,19H,2-4,7,13-14,16-17H2,1H3,(H,27,33)/t19-/m0/s1. The molecule has 0 saturated carbocycles. The van der Waals surface area contributed by atoms with E-state index in [1.165, 1.54) is 6.42 Å². The molecule has 34 heavy (non-hydrogen) atoms. The molecule has 5 rings (SSSR count). The Kier molecular flexibility index (Phi) is 6.29. The molecular weight excluding hydrogens is 430 g/mol. The van der Waals surface area contributed by atoms with Gasteiger partial charge in [0, 0.05) is 37.2 Å². The van der Waals surface area contributed by atoms with E-state index in [1.54, 1.807) is 4.90 Å². The highest BCUT2D eigenvalue weighted by molar-refractivity contribution is 6.04. The molecule has 3 aromatic rings. The summed E-state index contributed by atoms with van der Waals surface area (Å²) in [6.07, 6.45) is 4.57. The van der Waals surface area contributed by atoms with E-state index in [9.17, 15) is 9.59 Å². The summed E-state index contributed by atoms with van der Waals surface area (Å²) in [6.45, 7) is 3.65. The molecule has 1 saturated heterocycles. The molecule has 8 heteroatoms. The first-order valence-electron chi connectivity index (χ1n) is 12.0. The number of hydrogen-bond acceptors (Lipinski definition) is 5. The lowest BCUT2D eigenvalue weighted by Gasteiger charge is -2.20. The average Bonchev–Trinajstić information content (AvgIpc) is 3.35. The number of aryl methyl sites for hydroxylation is 1. The minimum absolute atomic E-state index is 0.0767. The molecule has 0 radical (unpaired) electrons. The number of amides is 2. The Hall–Kier alpha value is -3.68. The molecule has 2 aliphatic rings. The van der Waals surface area contributed by atoms with Crippen molar-refractivity contribution in [2.45, 2.75) is 45.6 Å². The lowest BCUT2D eigenvalue weighted by Crippen LogP contribution is -2.28. The molecule has 1 aromatic heterocycles. The molecule has 2 amide bonds. The third-order valence-electron chi connectivity index (χ3n) is 6.45. The Morgan fingerprint density at radius 1 is 1.12 bits per heavy atom. The number of para-hydroxylation sites is 2. The van der Waals surface area contributed by atoms with Crippen molar-refractivity contribution in [2.24, 2.45) is 5.92 Å². The summed E-state index contributed by atoms with van der Waals surface area (Å²) in [7, 11) is 0. The van der Waals surface area contributed by atoms with E-state index < -0.39 is 5.92 Å². The van der Waals surface area contributed by atoms with Gasteiger partial charge in [0.1, 0.15) is 11.6 Å². The number of nitrogens with zero attached hydrogens (tertiary/aromatic N) is 4. The molecule has 1 N–H and O–H groups in total. The van der Waals surface area contributed by atoms with Crippen LogP contribution in [0.5, 0.6) is 5.75 Å². The van der Waals surface area contributed by atoms with E-state index in [-0.39, 0.29) is 18.2 Å². The van der Waals surface area contributed by atoms with Crippen LogP contribution in [0.25, 0.3) is 11.4 Å². The zero-order chi connectivity index (χ0) is 23.5. The molecule has 2 aromatic carbocycles. The predicted molar refractivity (Wildman–Crippen MR) is 130 cm³/mol. The van der Waals surface area contributed by atoms with Gasteiger partial charge in [0.05, 0.1) is 18.2 Å². The Morgan fingerprint density at radius 2 is 2.00 bits per heavy atom. The van der Waals surface area contributed by atoms with Crippen LogP contribution in [0.15, 0.2) is 48.5 Å². The lowest BCUT2D eigenvalue weighted by atomic mass is 10.1. The van der Waals surface area contributed by atoms with Crippen molar-refractivity contribution in [1.82, 2.24) is 14.8 Å². The van der Waals surface area contributed by atoms with Gasteiger partial charge in [-0.15, -0.1) is 10.2 Å². The van der Waals surface area contributed by atoms with Gasteiger partial charge in [-0.2, -0.15) is 0 Å². The largest absolute Gasteiger partial charge is 0.492 e. The zero-order valence-corrected chi connectivity index (χ0v) is 19.4. The van der Waals surface area contributed by atoms with E-state index in [0.717, 1.165) is 43.0 Å². The van der Waals surface area contributed by atoms with Crippen LogP contribution in [-0.4, -0.2) is 39.7 Å². The van der Waals surface area contributed by atoms with Crippen LogP contribution in [0.1, 0.15) is 38.4 Å². The minimum atomic E-state index is -0.435. The summed E-state index contributed by atoms with van der Waals surface area (Å²) in [5.74, 6) is 1.84. The fourth-order valence-electron chi connectivity index (χ4n) is 4.75. The van der Waals surface area contributed by atoms with E-state index in [2.05, 4.69) is 20.1 Å². The number of carbonyl (C=O) groups excluding carboxylic acids is 2. The number of nitrogens with one attached hydrogen (secondary N) is 1. The van der Waals surface area contributed by atoms with Crippen molar-refractivity contribution in [3.8, 4) is 17.1 Å². The molecule has 1 atom stereocenters. The summed E-state index contributed by atoms with van der Waals surface area (Å²) in [4.78, 5) is 27.5. The number of ether oxygens (including phenoxy) is 1. The topological polar surface area (TPSA) is 89.3 Å². The fourth-order valence-corrected chi connectivity index (χ4v) is 4.75. The Balaban J connectivity index is 1.30. The first-order valence-corrected chi connectivity index (χ1v) is 12.0. The third kappa shape index (κ3) is 4.40. The second-order valence-electron chi connectivity index (χ2n) is 8.78. The molecule has 0 unspecified atom stereocenters. The summed E-state index contributed by atoms with van der Waals surface area (Å²) in [5, 5.41) is 11.8. The van der Waals surface area contributed by atoms with Crippen molar-refractivity contribution in [2.75, 3.05) is 23.4 Å². The van der Waals surface area contributed by atoms with E-state index in [1.807, 2.05) is 55.5 Å². The first-order chi connectivity index (χ1) is 16.6. The average molecular weight is 460 g/mol. The number of fused-ring (bicyclic) bond motifs is 1. The molecule has 2 aliphatic heterocycles. The maximum Gasteiger partial charge on any atom is 0.229 e. The third-order valence-corrected chi connectivity index (χ3v) is 6.45. The van der Waals surface area contributed by atoms with Crippen LogP contribution in [0, 0.1) is 5.92 Å². The monoisotopic (exact) mass is 459 g/mol. The summed E-state index contributed by atoms with van der Waals surface area (Å²) in [6, 6.07) is 15.1. The quantitative estimate of drug-likeness (QED) is 0.600. The van der Waals surface area contributed by atoms with Crippen LogP contribution < -0.4 is 15.0 Å². The maximum atomic E-state index is 13.1. The fraction of sp³-hybridized carbons (Fsp3) is 0.385. The Labute approximate surface area is 198 Å². The molecule has 3 heterocycles. The number of rotatable bonds is 6. The van der Waals surface area contributed by atoms with Crippen LogP contribution in [0.4, 0.5) is 11.4 Å². The summed E-state index contributed by atoms with van der Waals surface area (Å²) >= 11 is 0. The number of benzene rings is 2. The van der Waals surface area contributed by atoms with Gasteiger partial charge < -0.3 is 19.5 Å². The zero-order valence-electron chi connectivity index (χ0n) is 19.4. The SMILES string of the molecule is CCOc1ccccc1N1C[C@@H](C(=O)Nc2cccc(-c3nnc4n3CCCCC4)c2)CC1=O. The van der Waals surface area contributed by atoms with Gasteiger partial charge in [0.2, 0.25) is 11.8 Å². The highest BCUT2D eigenvalue weighted by Gasteiger charge is 2.36. The van der Waals surface area contributed by atoms with Gasteiger partial charge in [-0.3, -0.25) is 9.59 Å². The molecule has 176 valence electrons. The van der Waals surface area contributed by atoms with Gasteiger partial charge in [-0.25, -0.2) is 0 Å². The smallest absolute Gasteiger partial charge is 0.229 e. The van der Waals surface area contributed by atoms with E-state index in [0.29, 0.717) is 30.3 Å². The van der Waals surface area contributed by atoms with Crippen molar-refractivity contribution in [3.05, 3.63) is 54.4 Å². The number of anilines is 2. The molecule has 0 bridgehead atoms. The summed E-state index contributed by atoms with van der Waals surface area (Å²) in [5.41, 5.74) is 2.32. The second-order valence-corrected chi connectivity index (χ2v) is 8.78. The van der Waals surface area contributed by atoms with Gasteiger partial charge in [-0.05, 0) is 44.0 Å². The van der Waals surface area contributed by atoms with Gasteiger partial charge in [0.25, 0.3) is 0 Å². The van der Waals surface area contributed by atoms with E-state index in [4.69, 9.17) is 4.74 Å². The highest BCUT2D eigenvalue weighted by atomic mass is 16.5. The summed E-state index contributed by atoms with van der Waals surface area (Å²) < 4.78 is 7.87. The predicted octanol–water partition coefficient (Wildman–Crippen LogP) is 4.06. The number of carbonyl (C=O) groups is 2. The van der Waals surface area contributed by atoms with Gasteiger partial charge >= 0.3 is 0 Å². The molecule has 8 nitrogen and oxygen atoms in total. The molecule has 1 fully saturated rings.